The van der Waals surface area contributed by atoms with Gasteiger partial charge in [0.2, 0.25) is 35.4 Å². The number of amides is 6. The Morgan fingerprint density at radius 3 is 1.89 bits per heavy atom. The van der Waals surface area contributed by atoms with Crippen LogP contribution in [0, 0.1) is 5.92 Å². The molecule has 0 aliphatic carbocycles. The van der Waals surface area contributed by atoms with Crippen LogP contribution >= 0.6 is 0 Å². The summed E-state index contributed by atoms with van der Waals surface area (Å²) in [7, 11) is 0. The van der Waals surface area contributed by atoms with Gasteiger partial charge in [0.25, 0.3) is 0 Å². The highest BCUT2D eigenvalue weighted by atomic mass is 16.4. The van der Waals surface area contributed by atoms with Gasteiger partial charge in [0, 0.05) is 44.4 Å². The van der Waals surface area contributed by atoms with Crippen LogP contribution in [-0.2, 0) is 46.4 Å². The van der Waals surface area contributed by atoms with Gasteiger partial charge in [0.1, 0.15) is 42.0 Å². The standard InChI is InChI=1S/C41H65N15O9/c1-4-22(2)32(42)37(62)51-23(3)33(58)52-27(8-5-15-48-40(43)44)34(59)53-28(9-6-16-49-41(45)46)35(60)54-29(19-25-20-47-21-50-25)38(63)56-17-7-10-31(56)36(61)55-30(39(64)65)18-24-11-13-26(57)14-12-24/h11-14,20-23,27-32,57H,4-10,15-19,42H2,1-3H3,(H,47,50)(H,51,62)(H,52,58)(H,53,59)(H,54,60)(H,55,61)(H,64,65)(H4,43,44,48)(H4,45,46,49)/t22-,23+,27-,28+,29+,30-,31-,32-/m1/s1. The second kappa shape index (κ2) is 26.0. The number of rotatable bonds is 26. The number of carbonyl (C=O) groups excluding carboxylic acids is 6. The van der Waals surface area contributed by atoms with E-state index in [-0.39, 0.29) is 88.2 Å². The smallest absolute Gasteiger partial charge is 0.326 e. The number of imidazole rings is 1. The van der Waals surface area contributed by atoms with Crippen LogP contribution in [-0.4, -0.2) is 140 Å². The number of aromatic nitrogens is 2. The molecule has 1 aromatic carbocycles. The SMILES string of the molecule is CC[C@@H](C)[C@@H](N)C(=O)N[C@@H](C)C(=O)N[C@H](CCCN=C(N)N)C(=O)N[C@@H](CCCN=C(N)N)C(=O)N[C@@H](Cc1cnc[nH]1)C(=O)N1CCC[C@@H]1C(=O)N[C@H](Cc1ccc(O)cc1)C(=O)O. The van der Waals surface area contributed by atoms with Gasteiger partial charge in [0.15, 0.2) is 11.9 Å². The van der Waals surface area contributed by atoms with Gasteiger partial charge in [-0.05, 0) is 69.1 Å². The summed E-state index contributed by atoms with van der Waals surface area (Å²) in [5.41, 5.74) is 29.0. The number of carboxylic acid groups (broad SMARTS) is 1. The first-order chi connectivity index (χ1) is 30.8. The molecular formula is C41H65N15O9. The van der Waals surface area contributed by atoms with Crippen molar-refractivity contribution >= 4 is 53.3 Å². The second-order valence-corrected chi connectivity index (χ2v) is 16.0. The summed E-state index contributed by atoms with van der Waals surface area (Å²) in [6, 6.07) is -2.48. The number of aromatic amines is 1. The Morgan fingerprint density at radius 2 is 1.37 bits per heavy atom. The van der Waals surface area contributed by atoms with Crippen molar-refractivity contribution in [1.29, 1.82) is 0 Å². The predicted molar refractivity (Wildman–Crippen MR) is 239 cm³/mol. The van der Waals surface area contributed by atoms with E-state index in [1.165, 1.54) is 48.6 Å². The van der Waals surface area contributed by atoms with Gasteiger partial charge in [-0.1, -0.05) is 32.4 Å². The molecule has 0 spiro atoms. The highest BCUT2D eigenvalue weighted by Gasteiger charge is 2.40. The van der Waals surface area contributed by atoms with Crippen LogP contribution in [0.25, 0.3) is 0 Å². The number of aliphatic carboxylic acids is 1. The third-order valence-electron chi connectivity index (χ3n) is 10.9. The van der Waals surface area contributed by atoms with Gasteiger partial charge in [0.05, 0.1) is 12.4 Å². The van der Waals surface area contributed by atoms with Crippen LogP contribution in [0.3, 0.4) is 0 Å². The van der Waals surface area contributed by atoms with Crippen molar-refractivity contribution in [1.82, 2.24) is 41.5 Å². The Morgan fingerprint density at radius 1 is 0.800 bits per heavy atom. The van der Waals surface area contributed by atoms with Gasteiger partial charge in [-0.15, -0.1) is 0 Å². The Bertz CT molecular complexity index is 1970. The van der Waals surface area contributed by atoms with Crippen molar-refractivity contribution in [3.8, 4) is 5.75 Å². The molecule has 0 radical (unpaired) electrons. The Balaban J connectivity index is 1.87. The molecule has 6 amide bonds. The maximum absolute atomic E-state index is 14.4. The number of benzene rings is 1. The van der Waals surface area contributed by atoms with Crippen molar-refractivity contribution < 1.29 is 43.8 Å². The van der Waals surface area contributed by atoms with Crippen molar-refractivity contribution in [3.63, 3.8) is 0 Å². The fraction of sp³-hybridized carbons (Fsp3) is 0.561. The van der Waals surface area contributed by atoms with Crippen LogP contribution in [0.2, 0.25) is 0 Å². The molecule has 0 saturated carbocycles. The van der Waals surface area contributed by atoms with E-state index in [1.807, 2.05) is 6.92 Å². The van der Waals surface area contributed by atoms with Gasteiger partial charge >= 0.3 is 5.97 Å². The van der Waals surface area contributed by atoms with E-state index in [1.54, 1.807) is 6.92 Å². The normalized spacial score (nSPS) is 16.6. The van der Waals surface area contributed by atoms with E-state index in [9.17, 15) is 43.8 Å². The minimum atomic E-state index is -1.36. The fourth-order valence-electron chi connectivity index (χ4n) is 6.93. The number of phenols is 1. The van der Waals surface area contributed by atoms with Crippen molar-refractivity contribution in [2.45, 2.75) is 121 Å². The molecule has 1 fully saturated rings. The van der Waals surface area contributed by atoms with E-state index in [2.05, 4.69) is 46.5 Å². The lowest BCUT2D eigenvalue weighted by Crippen LogP contribution is -2.60. The number of hydrogen-bond acceptors (Lipinski definition) is 12. The molecular weight excluding hydrogens is 847 g/mol. The molecule has 18 N–H and O–H groups in total. The van der Waals surface area contributed by atoms with Gasteiger partial charge in [-0.25, -0.2) is 9.78 Å². The number of phenolic OH excluding ortho intramolecular Hbond substituents is 1. The molecule has 2 aromatic rings. The topological polar surface area (TPSA) is 407 Å². The van der Waals surface area contributed by atoms with Crippen molar-refractivity contribution in [2.75, 3.05) is 19.6 Å². The van der Waals surface area contributed by atoms with Gasteiger partial charge in [-0.2, -0.15) is 0 Å². The van der Waals surface area contributed by atoms with Crippen LogP contribution < -0.4 is 55.3 Å². The molecule has 1 aliphatic heterocycles. The lowest BCUT2D eigenvalue weighted by molar-refractivity contribution is -0.145. The van der Waals surface area contributed by atoms with Crippen LogP contribution in [0.1, 0.15) is 77.0 Å². The van der Waals surface area contributed by atoms with Crippen LogP contribution in [0.15, 0.2) is 46.8 Å². The molecule has 0 bridgehead atoms. The first kappa shape index (κ1) is 52.4. The molecule has 1 aromatic heterocycles. The van der Waals surface area contributed by atoms with Crippen LogP contribution in [0.5, 0.6) is 5.75 Å². The van der Waals surface area contributed by atoms with Crippen molar-refractivity contribution in [3.05, 3.63) is 48.0 Å². The van der Waals surface area contributed by atoms with Gasteiger partial charge in [-0.3, -0.25) is 38.8 Å². The third kappa shape index (κ3) is 17.3. The lowest BCUT2D eigenvalue weighted by Gasteiger charge is -2.30. The molecule has 3 rings (SSSR count). The van der Waals surface area contributed by atoms with Crippen LogP contribution in [0.4, 0.5) is 0 Å². The Labute approximate surface area is 376 Å². The lowest BCUT2D eigenvalue weighted by atomic mass is 9.99. The van der Waals surface area contributed by atoms with Gasteiger partial charge < -0.3 is 75.3 Å². The zero-order valence-electron chi connectivity index (χ0n) is 37.0. The highest BCUT2D eigenvalue weighted by Crippen LogP contribution is 2.21. The molecule has 0 unspecified atom stereocenters. The molecule has 1 aliphatic rings. The number of aromatic hydroxyl groups is 1. The maximum Gasteiger partial charge on any atom is 0.326 e. The number of aliphatic imine (C=N–C) groups is 2. The quantitative estimate of drug-likeness (QED) is 0.0253. The average molecular weight is 912 g/mol. The average Bonchev–Trinajstić information content (AvgIpc) is 3.98. The molecule has 8 atom stereocenters. The molecule has 24 nitrogen and oxygen atoms in total. The summed E-state index contributed by atoms with van der Waals surface area (Å²) in [6.07, 6.45) is 4.21. The van der Waals surface area contributed by atoms with E-state index in [4.69, 9.17) is 28.7 Å². The molecule has 1 saturated heterocycles. The summed E-state index contributed by atoms with van der Waals surface area (Å²) in [5, 5.41) is 32.7. The van der Waals surface area contributed by atoms with E-state index in [0.29, 0.717) is 24.1 Å². The zero-order valence-corrected chi connectivity index (χ0v) is 37.0. The number of hydrogen-bond donors (Lipinski definition) is 13. The minimum absolute atomic E-state index is 0.000758. The third-order valence-corrected chi connectivity index (χ3v) is 10.9. The van der Waals surface area contributed by atoms with E-state index >= 15 is 0 Å². The fourth-order valence-corrected chi connectivity index (χ4v) is 6.93. The Kier molecular flexibility index (Phi) is 20.9. The zero-order chi connectivity index (χ0) is 48.2. The summed E-state index contributed by atoms with van der Waals surface area (Å²) in [5.74, 6) is -6.09. The number of carboxylic acids is 1. The number of likely N-dealkylation sites (tertiary alicyclic amines) is 1. The summed E-state index contributed by atoms with van der Waals surface area (Å²) < 4.78 is 0. The number of nitrogens with one attached hydrogen (secondary N) is 6. The maximum atomic E-state index is 14.4. The predicted octanol–water partition coefficient (Wildman–Crippen LogP) is -3.10. The minimum Gasteiger partial charge on any atom is -0.508 e. The van der Waals surface area contributed by atoms with E-state index < -0.39 is 83.7 Å². The monoisotopic (exact) mass is 912 g/mol. The largest absolute Gasteiger partial charge is 0.508 e. The molecule has 2 heterocycles. The summed E-state index contributed by atoms with van der Waals surface area (Å²) in [4.78, 5) is 111. The van der Waals surface area contributed by atoms with Crippen molar-refractivity contribution in [2.24, 2.45) is 44.6 Å². The van der Waals surface area contributed by atoms with E-state index in [0.717, 1.165) is 0 Å². The summed E-state index contributed by atoms with van der Waals surface area (Å²) in [6.45, 7) is 5.39. The molecule has 65 heavy (non-hydrogen) atoms. The Hall–Kier alpha value is -6.98. The number of carbonyl (C=O) groups is 7. The molecule has 358 valence electrons. The number of H-pyrrole nitrogens is 1. The number of nitrogens with zero attached hydrogens (tertiary/aromatic N) is 4. The molecule has 24 heteroatoms. The number of guanidine groups is 2. The number of nitrogens with two attached hydrogens (primary N) is 5. The first-order valence-corrected chi connectivity index (χ1v) is 21.5. The highest BCUT2D eigenvalue weighted by molar-refractivity contribution is 5.97. The summed E-state index contributed by atoms with van der Waals surface area (Å²) >= 11 is 0. The second-order valence-electron chi connectivity index (χ2n) is 16.0. The first-order valence-electron chi connectivity index (χ1n) is 21.5.